The van der Waals surface area contributed by atoms with Crippen molar-refractivity contribution in [2.24, 2.45) is 10.9 Å². The van der Waals surface area contributed by atoms with Crippen LogP contribution in [0.4, 0.5) is 0 Å². The van der Waals surface area contributed by atoms with E-state index in [1.165, 1.54) is 11.1 Å². The Hall–Kier alpha value is -0.860. The Kier molecular flexibility index (Phi) is 14.7. The largest absolute Gasteiger partial charge is 0.396 e. The molecule has 0 aliphatic heterocycles. The number of guanidine groups is 1. The van der Waals surface area contributed by atoms with E-state index in [1.807, 2.05) is 0 Å². The third-order valence-electron chi connectivity index (χ3n) is 4.08. The van der Waals surface area contributed by atoms with Crippen LogP contribution in [0.25, 0.3) is 0 Å². The third-order valence-corrected chi connectivity index (χ3v) is 4.08. The van der Waals surface area contributed by atoms with Crippen LogP contribution in [-0.4, -0.2) is 49.8 Å². The Bertz CT molecular complexity index is 485. The minimum absolute atomic E-state index is 0. The molecule has 6 heteroatoms. The Morgan fingerprint density at radius 2 is 1.73 bits per heavy atom. The summed E-state index contributed by atoms with van der Waals surface area (Å²) in [6, 6.07) is 8.64. The predicted molar refractivity (Wildman–Crippen MR) is 122 cm³/mol. The lowest BCUT2D eigenvalue weighted by Crippen LogP contribution is -2.40. The Morgan fingerprint density at radius 1 is 1.08 bits per heavy atom. The van der Waals surface area contributed by atoms with Crippen molar-refractivity contribution in [2.45, 2.75) is 46.2 Å². The number of aliphatic hydroxyl groups excluding tert-OH is 1. The number of halogens is 1. The first-order chi connectivity index (χ1) is 12.1. The summed E-state index contributed by atoms with van der Waals surface area (Å²) in [6.07, 6.45) is 3.10. The summed E-state index contributed by atoms with van der Waals surface area (Å²) in [7, 11) is 4.16. The molecule has 0 saturated heterocycles. The maximum atomic E-state index is 9.18. The van der Waals surface area contributed by atoms with Gasteiger partial charge >= 0.3 is 0 Å². The van der Waals surface area contributed by atoms with Crippen LogP contribution in [0.5, 0.6) is 0 Å². The highest BCUT2D eigenvalue weighted by Crippen LogP contribution is 2.10. The molecule has 3 N–H and O–H groups in total. The molecule has 1 aromatic carbocycles. The molecule has 0 spiro atoms. The molecular formula is C20H37IN4O. The summed E-state index contributed by atoms with van der Waals surface area (Å²) >= 11 is 0. The lowest BCUT2D eigenvalue weighted by Gasteiger charge is -2.18. The third kappa shape index (κ3) is 11.0. The van der Waals surface area contributed by atoms with Gasteiger partial charge in [0.05, 0.1) is 6.54 Å². The lowest BCUT2D eigenvalue weighted by molar-refractivity contribution is 0.251. The van der Waals surface area contributed by atoms with Crippen molar-refractivity contribution in [3.05, 3.63) is 35.4 Å². The summed E-state index contributed by atoms with van der Waals surface area (Å²) in [6.45, 7) is 7.81. The zero-order chi connectivity index (χ0) is 18.5. The quantitative estimate of drug-likeness (QED) is 0.261. The molecule has 1 aromatic rings. The Labute approximate surface area is 176 Å². The minimum Gasteiger partial charge on any atom is -0.396 e. The molecule has 5 nitrogen and oxygen atoms in total. The molecule has 0 radical (unpaired) electrons. The fourth-order valence-electron chi connectivity index (χ4n) is 2.81. The molecule has 1 atom stereocenters. The van der Waals surface area contributed by atoms with Crippen LogP contribution in [0, 0.1) is 5.92 Å². The van der Waals surface area contributed by atoms with Crippen molar-refractivity contribution >= 4 is 29.9 Å². The van der Waals surface area contributed by atoms with Gasteiger partial charge in [-0.2, -0.15) is 0 Å². The molecule has 1 rings (SSSR count). The molecule has 1 unspecified atom stereocenters. The van der Waals surface area contributed by atoms with Crippen molar-refractivity contribution in [1.82, 2.24) is 15.5 Å². The molecule has 150 valence electrons. The number of rotatable bonds is 11. The first kappa shape index (κ1) is 25.1. The topological polar surface area (TPSA) is 59.9 Å². The number of nitrogens with one attached hydrogen (secondary N) is 2. The van der Waals surface area contributed by atoms with Crippen molar-refractivity contribution in [2.75, 3.05) is 33.8 Å². The molecule has 0 amide bonds. The van der Waals surface area contributed by atoms with Gasteiger partial charge in [-0.25, -0.2) is 4.99 Å². The number of aliphatic imine (C=N–C) groups is 1. The zero-order valence-electron chi connectivity index (χ0n) is 16.8. The predicted octanol–water partition coefficient (Wildman–Crippen LogP) is 3.22. The average molecular weight is 476 g/mol. The van der Waals surface area contributed by atoms with Crippen LogP contribution >= 0.6 is 24.0 Å². The van der Waals surface area contributed by atoms with Gasteiger partial charge in [-0.15, -0.1) is 24.0 Å². The summed E-state index contributed by atoms with van der Waals surface area (Å²) in [5.74, 6) is 1.34. The van der Waals surface area contributed by atoms with E-state index in [0.29, 0.717) is 12.5 Å². The second-order valence-electron chi connectivity index (χ2n) is 6.80. The second-order valence-corrected chi connectivity index (χ2v) is 6.80. The number of benzene rings is 1. The molecule has 0 saturated carbocycles. The van der Waals surface area contributed by atoms with Crippen LogP contribution in [0.3, 0.4) is 0 Å². The van der Waals surface area contributed by atoms with E-state index in [2.05, 4.69) is 72.7 Å². The standard InChI is InChI=1S/C20H36N4O.HI/c1-5-7-17(12-13-25)14-22-20(21-6-2)23-15-18-8-10-19(11-9-18)16-24(3)4;/h8-11,17,25H,5-7,12-16H2,1-4H3,(H2,21,22,23);1H. The van der Waals surface area contributed by atoms with Crippen LogP contribution in [-0.2, 0) is 13.1 Å². The fraction of sp³-hybridized carbons (Fsp3) is 0.650. The number of hydrogen-bond acceptors (Lipinski definition) is 3. The second kappa shape index (κ2) is 15.2. The monoisotopic (exact) mass is 476 g/mol. The van der Waals surface area contributed by atoms with Crippen molar-refractivity contribution < 1.29 is 5.11 Å². The molecule has 0 bridgehead atoms. The highest BCUT2D eigenvalue weighted by Gasteiger charge is 2.08. The van der Waals surface area contributed by atoms with E-state index >= 15 is 0 Å². The molecule has 0 aliphatic carbocycles. The van der Waals surface area contributed by atoms with Gasteiger partial charge in [0.1, 0.15) is 0 Å². The molecule has 0 aliphatic rings. The van der Waals surface area contributed by atoms with E-state index in [0.717, 1.165) is 44.9 Å². The van der Waals surface area contributed by atoms with Crippen molar-refractivity contribution in [1.29, 1.82) is 0 Å². The number of nitrogens with zero attached hydrogens (tertiary/aromatic N) is 2. The van der Waals surface area contributed by atoms with Gasteiger partial charge in [0, 0.05) is 26.2 Å². The fourth-order valence-corrected chi connectivity index (χ4v) is 2.81. The molecular weight excluding hydrogens is 439 g/mol. The van der Waals surface area contributed by atoms with E-state index < -0.39 is 0 Å². The molecule has 0 heterocycles. The van der Waals surface area contributed by atoms with Gasteiger partial charge in [-0.05, 0) is 50.9 Å². The van der Waals surface area contributed by atoms with Gasteiger partial charge in [-0.3, -0.25) is 0 Å². The smallest absolute Gasteiger partial charge is 0.191 e. The summed E-state index contributed by atoms with van der Waals surface area (Å²) in [4.78, 5) is 6.85. The van der Waals surface area contributed by atoms with Gasteiger partial charge in [0.15, 0.2) is 5.96 Å². The first-order valence-corrected chi connectivity index (χ1v) is 9.44. The molecule has 26 heavy (non-hydrogen) atoms. The minimum atomic E-state index is 0. The zero-order valence-corrected chi connectivity index (χ0v) is 19.1. The van der Waals surface area contributed by atoms with Crippen LogP contribution in [0.15, 0.2) is 29.3 Å². The van der Waals surface area contributed by atoms with E-state index in [-0.39, 0.29) is 30.6 Å². The maximum Gasteiger partial charge on any atom is 0.191 e. The van der Waals surface area contributed by atoms with Crippen molar-refractivity contribution in [3.8, 4) is 0 Å². The number of aliphatic hydroxyl groups is 1. The highest BCUT2D eigenvalue weighted by atomic mass is 127. The average Bonchev–Trinajstić information content (AvgIpc) is 2.58. The molecule has 0 aromatic heterocycles. The maximum absolute atomic E-state index is 9.18. The van der Waals surface area contributed by atoms with Crippen molar-refractivity contribution in [3.63, 3.8) is 0 Å². The van der Waals surface area contributed by atoms with E-state index in [9.17, 15) is 5.11 Å². The van der Waals surface area contributed by atoms with Gasteiger partial charge < -0.3 is 20.6 Å². The van der Waals surface area contributed by atoms with Gasteiger partial charge in [0.2, 0.25) is 0 Å². The SMILES string of the molecule is CCCC(CCO)CNC(=NCc1ccc(CN(C)C)cc1)NCC.I. The van der Waals surface area contributed by atoms with Gasteiger partial charge in [0.25, 0.3) is 0 Å². The van der Waals surface area contributed by atoms with Gasteiger partial charge in [-0.1, -0.05) is 37.6 Å². The summed E-state index contributed by atoms with van der Waals surface area (Å²) in [5.41, 5.74) is 2.52. The Morgan fingerprint density at radius 3 is 2.27 bits per heavy atom. The lowest BCUT2D eigenvalue weighted by atomic mass is 10.0. The summed E-state index contributed by atoms with van der Waals surface area (Å²) in [5, 5.41) is 15.9. The van der Waals surface area contributed by atoms with Crippen LogP contribution < -0.4 is 10.6 Å². The van der Waals surface area contributed by atoms with Crippen LogP contribution in [0.1, 0.15) is 44.2 Å². The van der Waals surface area contributed by atoms with Crippen LogP contribution in [0.2, 0.25) is 0 Å². The first-order valence-electron chi connectivity index (χ1n) is 9.44. The molecule has 0 fully saturated rings. The summed E-state index contributed by atoms with van der Waals surface area (Å²) < 4.78 is 0. The van der Waals surface area contributed by atoms with E-state index in [1.54, 1.807) is 0 Å². The Balaban J connectivity index is 0.00000625. The number of hydrogen-bond donors (Lipinski definition) is 3. The van der Waals surface area contributed by atoms with E-state index in [4.69, 9.17) is 0 Å². The highest BCUT2D eigenvalue weighted by molar-refractivity contribution is 14.0. The normalized spacial score (nSPS) is 12.6.